The van der Waals surface area contributed by atoms with Gasteiger partial charge in [-0.1, -0.05) is 36.0 Å². The predicted octanol–water partition coefficient (Wildman–Crippen LogP) is 2.91. The Morgan fingerprint density at radius 1 is 1.12 bits per heavy atom. The lowest BCUT2D eigenvalue weighted by Crippen LogP contribution is -2.49. The van der Waals surface area contributed by atoms with E-state index in [-0.39, 0.29) is 5.56 Å². The van der Waals surface area contributed by atoms with Gasteiger partial charge in [-0.25, -0.2) is 4.79 Å². The molecule has 2 N–H and O–H groups in total. The van der Waals surface area contributed by atoms with Crippen LogP contribution in [0, 0.1) is 0 Å². The van der Waals surface area contributed by atoms with Gasteiger partial charge in [-0.15, -0.1) is 0 Å². The first-order valence-corrected chi connectivity index (χ1v) is 8.35. The highest BCUT2D eigenvalue weighted by Gasteiger charge is 2.46. The summed E-state index contributed by atoms with van der Waals surface area (Å²) in [5, 5.41) is 5.43. The van der Waals surface area contributed by atoms with Crippen molar-refractivity contribution in [2.24, 2.45) is 0 Å². The molecule has 3 rings (SSSR count). The fraction of sp³-hybridized carbons (Fsp3) is 0.167. The molecule has 7 heteroatoms. The van der Waals surface area contributed by atoms with Crippen LogP contribution < -0.4 is 10.6 Å². The molecule has 2 amide bonds. The number of esters is 1. The van der Waals surface area contributed by atoms with Gasteiger partial charge in [0.15, 0.2) is 4.75 Å². The van der Waals surface area contributed by atoms with Crippen LogP contribution in [0.4, 0.5) is 11.4 Å². The van der Waals surface area contributed by atoms with Crippen molar-refractivity contribution in [3.63, 3.8) is 0 Å². The third-order valence-electron chi connectivity index (χ3n) is 3.90. The van der Waals surface area contributed by atoms with E-state index in [9.17, 15) is 14.4 Å². The molecule has 1 atom stereocenters. The van der Waals surface area contributed by atoms with Gasteiger partial charge in [0.05, 0.1) is 24.0 Å². The summed E-state index contributed by atoms with van der Waals surface area (Å²) in [5.74, 6) is -1.49. The number of hydrogen-bond acceptors (Lipinski definition) is 5. The Labute approximate surface area is 148 Å². The molecule has 2 aromatic carbocycles. The van der Waals surface area contributed by atoms with Crippen molar-refractivity contribution in [1.29, 1.82) is 0 Å². The summed E-state index contributed by atoms with van der Waals surface area (Å²) in [6.07, 6.45) is 0. The van der Waals surface area contributed by atoms with Crippen LogP contribution in [0.1, 0.15) is 17.3 Å². The monoisotopic (exact) mass is 356 g/mol. The Kier molecular flexibility index (Phi) is 4.50. The predicted molar refractivity (Wildman–Crippen MR) is 95.7 cm³/mol. The fourth-order valence-electron chi connectivity index (χ4n) is 2.44. The molecule has 0 saturated heterocycles. The number of hydrogen-bond donors (Lipinski definition) is 2. The Morgan fingerprint density at radius 3 is 2.56 bits per heavy atom. The van der Waals surface area contributed by atoms with Crippen molar-refractivity contribution < 1.29 is 19.1 Å². The average molecular weight is 356 g/mol. The second kappa shape index (κ2) is 6.60. The number of fused-ring (bicyclic) bond motifs is 1. The van der Waals surface area contributed by atoms with Crippen LogP contribution in [0.15, 0.2) is 53.4 Å². The summed E-state index contributed by atoms with van der Waals surface area (Å²) in [7, 11) is 1.27. The van der Waals surface area contributed by atoms with E-state index in [2.05, 4.69) is 10.6 Å². The normalized spacial score (nSPS) is 18.7. The Morgan fingerprint density at radius 2 is 1.80 bits per heavy atom. The smallest absolute Gasteiger partial charge is 0.339 e. The number of ether oxygens (including phenoxy) is 1. The van der Waals surface area contributed by atoms with Crippen LogP contribution in [0.5, 0.6) is 0 Å². The van der Waals surface area contributed by atoms with E-state index in [1.807, 2.05) is 18.2 Å². The molecule has 2 aromatic rings. The summed E-state index contributed by atoms with van der Waals surface area (Å²) >= 11 is 1.17. The van der Waals surface area contributed by atoms with Crippen LogP contribution >= 0.6 is 11.8 Å². The lowest BCUT2D eigenvalue weighted by molar-refractivity contribution is -0.126. The summed E-state index contributed by atoms with van der Waals surface area (Å²) < 4.78 is 3.36. The van der Waals surface area contributed by atoms with Crippen molar-refractivity contribution in [3.8, 4) is 0 Å². The number of carbonyl (C=O) groups is 3. The fourth-order valence-corrected chi connectivity index (χ4v) is 3.54. The minimum absolute atomic E-state index is 0.226. The maximum absolute atomic E-state index is 12.8. The first-order valence-electron chi connectivity index (χ1n) is 7.54. The summed E-state index contributed by atoms with van der Waals surface area (Å²) in [4.78, 5) is 38.0. The summed E-state index contributed by atoms with van der Waals surface area (Å²) in [5.41, 5.74) is 1.20. The molecule has 25 heavy (non-hydrogen) atoms. The van der Waals surface area contributed by atoms with Crippen LogP contribution in [-0.4, -0.2) is 29.6 Å². The quantitative estimate of drug-likeness (QED) is 0.652. The van der Waals surface area contributed by atoms with E-state index >= 15 is 0 Å². The lowest BCUT2D eigenvalue weighted by Gasteiger charge is -2.31. The molecule has 128 valence electrons. The minimum atomic E-state index is -1.36. The number of nitrogens with one attached hydrogen (secondary N) is 2. The second-order valence-corrected chi connectivity index (χ2v) is 7.04. The zero-order chi connectivity index (χ0) is 18.0. The highest BCUT2D eigenvalue weighted by molar-refractivity contribution is 8.02. The number of para-hydroxylation sites is 2. The SMILES string of the molecule is COC(=O)c1ccccc1NC(=O)C1(C)Sc2ccccc2NC1=O. The van der Waals surface area contributed by atoms with Crippen LogP contribution in [-0.2, 0) is 14.3 Å². The molecule has 1 heterocycles. The van der Waals surface area contributed by atoms with E-state index in [1.165, 1.54) is 18.9 Å². The second-order valence-electron chi connectivity index (χ2n) is 5.58. The number of amides is 2. The molecule has 0 spiro atoms. The van der Waals surface area contributed by atoms with Crippen molar-refractivity contribution in [3.05, 3.63) is 54.1 Å². The standard InChI is InChI=1S/C18H16N2O4S/c1-18(17(23)20-13-9-5-6-10-14(13)25-18)16(22)19-12-8-4-3-7-11(12)15(21)24-2/h3-10H,1-2H3,(H,19,22)(H,20,23). The number of anilines is 2. The molecule has 0 bridgehead atoms. The Bertz CT molecular complexity index is 868. The maximum Gasteiger partial charge on any atom is 0.339 e. The van der Waals surface area contributed by atoms with E-state index in [0.29, 0.717) is 11.4 Å². The minimum Gasteiger partial charge on any atom is -0.465 e. The zero-order valence-corrected chi connectivity index (χ0v) is 14.5. The van der Waals surface area contributed by atoms with Gasteiger partial charge in [-0.05, 0) is 31.2 Å². The highest BCUT2D eigenvalue weighted by atomic mass is 32.2. The average Bonchev–Trinajstić information content (AvgIpc) is 2.62. The van der Waals surface area contributed by atoms with Crippen LogP contribution in [0.3, 0.4) is 0 Å². The van der Waals surface area contributed by atoms with E-state index in [0.717, 1.165) is 4.90 Å². The topological polar surface area (TPSA) is 84.5 Å². The third-order valence-corrected chi connectivity index (χ3v) is 5.25. The molecule has 6 nitrogen and oxygen atoms in total. The molecular formula is C18H16N2O4S. The van der Waals surface area contributed by atoms with Gasteiger partial charge in [0.25, 0.3) is 0 Å². The first-order chi connectivity index (χ1) is 12.0. The third kappa shape index (κ3) is 3.10. The molecule has 0 fully saturated rings. The molecule has 1 aliphatic rings. The van der Waals surface area contributed by atoms with E-state index in [1.54, 1.807) is 37.3 Å². The van der Waals surface area contributed by atoms with Crippen molar-refractivity contribution in [2.75, 3.05) is 17.7 Å². The molecule has 1 aliphatic heterocycles. The molecule has 1 unspecified atom stereocenters. The first kappa shape index (κ1) is 17.0. The Hall–Kier alpha value is -2.80. The number of rotatable bonds is 3. The summed E-state index contributed by atoms with van der Waals surface area (Å²) in [6.45, 7) is 1.55. The van der Waals surface area contributed by atoms with Gasteiger partial charge in [0.1, 0.15) is 0 Å². The molecule has 0 aromatic heterocycles. The van der Waals surface area contributed by atoms with Gasteiger partial charge in [0.2, 0.25) is 11.8 Å². The zero-order valence-electron chi connectivity index (χ0n) is 13.7. The number of carbonyl (C=O) groups excluding carboxylic acids is 3. The van der Waals surface area contributed by atoms with Crippen molar-refractivity contribution >= 4 is 40.9 Å². The Balaban J connectivity index is 1.89. The number of benzene rings is 2. The molecule has 0 radical (unpaired) electrons. The largest absolute Gasteiger partial charge is 0.465 e. The lowest BCUT2D eigenvalue weighted by atomic mass is 10.1. The summed E-state index contributed by atoms with van der Waals surface area (Å²) in [6, 6.07) is 13.8. The highest BCUT2D eigenvalue weighted by Crippen LogP contribution is 2.42. The molecule has 0 aliphatic carbocycles. The van der Waals surface area contributed by atoms with Crippen molar-refractivity contribution in [1.82, 2.24) is 0 Å². The van der Waals surface area contributed by atoms with Gasteiger partial charge in [-0.2, -0.15) is 0 Å². The van der Waals surface area contributed by atoms with Gasteiger partial charge in [0, 0.05) is 4.90 Å². The molecular weight excluding hydrogens is 340 g/mol. The maximum atomic E-state index is 12.8. The van der Waals surface area contributed by atoms with Gasteiger partial charge >= 0.3 is 5.97 Å². The van der Waals surface area contributed by atoms with E-state index in [4.69, 9.17) is 4.74 Å². The van der Waals surface area contributed by atoms with Gasteiger partial charge in [-0.3, -0.25) is 9.59 Å². The number of thioether (sulfide) groups is 1. The molecule has 0 saturated carbocycles. The van der Waals surface area contributed by atoms with Crippen LogP contribution in [0.2, 0.25) is 0 Å². The van der Waals surface area contributed by atoms with Gasteiger partial charge < -0.3 is 15.4 Å². The van der Waals surface area contributed by atoms with Crippen LogP contribution in [0.25, 0.3) is 0 Å². The van der Waals surface area contributed by atoms with Crippen molar-refractivity contribution in [2.45, 2.75) is 16.6 Å². The number of methoxy groups -OCH3 is 1. The van der Waals surface area contributed by atoms with E-state index < -0.39 is 22.5 Å².